The van der Waals surface area contributed by atoms with E-state index in [-0.39, 0.29) is 0 Å². The van der Waals surface area contributed by atoms with Gasteiger partial charge in [0.1, 0.15) is 12.2 Å². The van der Waals surface area contributed by atoms with Gasteiger partial charge in [0.15, 0.2) is 11.5 Å². The third-order valence-electron chi connectivity index (χ3n) is 2.30. The van der Waals surface area contributed by atoms with Crippen molar-refractivity contribution in [2.75, 3.05) is 14.1 Å². The molecule has 0 spiro atoms. The zero-order valence-corrected chi connectivity index (χ0v) is 9.55. The summed E-state index contributed by atoms with van der Waals surface area (Å²) in [6.07, 6.45) is 3.19. The molecule has 0 bridgehead atoms. The minimum atomic E-state index is 0.657. The molecular formula is C11H13N5. The van der Waals surface area contributed by atoms with Gasteiger partial charge in [-0.05, 0) is 19.1 Å². The number of amidine groups is 1. The first kappa shape index (κ1) is 10.5. The Labute approximate surface area is 93.9 Å². The van der Waals surface area contributed by atoms with Crippen molar-refractivity contribution in [3.63, 3.8) is 0 Å². The Hall–Kier alpha value is -2.04. The van der Waals surface area contributed by atoms with E-state index in [1.807, 2.05) is 38.1 Å². The largest absolute Gasteiger partial charge is 0.366 e. The van der Waals surface area contributed by atoms with Crippen LogP contribution in [0.3, 0.4) is 0 Å². The van der Waals surface area contributed by atoms with Crippen molar-refractivity contribution in [3.8, 4) is 0 Å². The third kappa shape index (κ3) is 1.98. The van der Waals surface area contributed by atoms with Gasteiger partial charge in [-0.1, -0.05) is 0 Å². The zero-order chi connectivity index (χ0) is 11.5. The minimum absolute atomic E-state index is 0.657. The first-order chi connectivity index (χ1) is 7.68. The van der Waals surface area contributed by atoms with Crippen molar-refractivity contribution in [2.45, 2.75) is 6.92 Å². The predicted molar refractivity (Wildman–Crippen MR) is 63.8 cm³/mol. The molecule has 2 rings (SSSR count). The van der Waals surface area contributed by atoms with E-state index < -0.39 is 0 Å². The predicted octanol–water partition coefficient (Wildman–Crippen LogP) is 1.64. The number of hydrogen-bond donors (Lipinski definition) is 0. The molecule has 0 saturated carbocycles. The van der Waals surface area contributed by atoms with Crippen LogP contribution >= 0.6 is 0 Å². The summed E-state index contributed by atoms with van der Waals surface area (Å²) in [5.41, 5.74) is 0.669. The Kier molecular flexibility index (Phi) is 2.76. The van der Waals surface area contributed by atoms with Gasteiger partial charge in [0.2, 0.25) is 0 Å². The van der Waals surface area contributed by atoms with Crippen molar-refractivity contribution >= 4 is 22.7 Å². The SMILES string of the molecule is CC(=Nc1ncnc2ncccc12)N(C)C. The number of rotatable bonds is 1. The van der Waals surface area contributed by atoms with E-state index in [1.165, 1.54) is 6.33 Å². The highest BCUT2D eigenvalue weighted by molar-refractivity contribution is 5.89. The first-order valence-corrected chi connectivity index (χ1v) is 4.97. The lowest BCUT2D eigenvalue weighted by Crippen LogP contribution is -2.17. The highest BCUT2D eigenvalue weighted by Crippen LogP contribution is 2.19. The Morgan fingerprint density at radius 2 is 2.06 bits per heavy atom. The molecule has 0 amide bonds. The second-order valence-corrected chi connectivity index (χ2v) is 3.63. The summed E-state index contributed by atoms with van der Waals surface area (Å²) in [7, 11) is 3.89. The number of hydrogen-bond acceptors (Lipinski definition) is 4. The molecule has 5 nitrogen and oxygen atoms in total. The fourth-order valence-corrected chi connectivity index (χ4v) is 1.22. The maximum absolute atomic E-state index is 4.44. The number of fused-ring (bicyclic) bond motifs is 1. The molecule has 0 saturated heterocycles. The maximum Gasteiger partial charge on any atom is 0.166 e. The van der Waals surface area contributed by atoms with E-state index in [0.29, 0.717) is 11.5 Å². The highest BCUT2D eigenvalue weighted by atomic mass is 15.1. The number of nitrogens with zero attached hydrogens (tertiary/aromatic N) is 5. The summed E-state index contributed by atoms with van der Waals surface area (Å²) < 4.78 is 0. The van der Waals surface area contributed by atoms with Crippen LogP contribution in [0, 0.1) is 0 Å². The van der Waals surface area contributed by atoms with Crippen molar-refractivity contribution in [1.29, 1.82) is 0 Å². The van der Waals surface area contributed by atoms with Crippen LogP contribution in [0.5, 0.6) is 0 Å². The average molecular weight is 215 g/mol. The highest BCUT2D eigenvalue weighted by Gasteiger charge is 2.03. The van der Waals surface area contributed by atoms with Gasteiger partial charge in [-0.3, -0.25) is 0 Å². The molecule has 0 N–H and O–H groups in total. The van der Waals surface area contributed by atoms with Gasteiger partial charge in [-0.2, -0.15) is 0 Å². The van der Waals surface area contributed by atoms with Crippen LogP contribution in [0.15, 0.2) is 29.6 Å². The van der Waals surface area contributed by atoms with Gasteiger partial charge in [-0.15, -0.1) is 0 Å². The molecule has 0 aliphatic heterocycles. The van der Waals surface area contributed by atoms with Crippen LogP contribution in [0.4, 0.5) is 5.82 Å². The molecule has 0 unspecified atom stereocenters. The third-order valence-corrected chi connectivity index (χ3v) is 2.30. The van der Waals surface area contributed by atoms with Gasteiger partial charge in [-0.25, -0.2) is 19.9 Å². The standard InChI is InChI=1S/C11H13N5/c1-8(16(2)3)15-11-9-5-4-6-12-10(9)13-7-14-11/h4-7H,1-3H3. The molecule has 0 aliphatic carbocycles. The van der Waals surface area contributed by atoms with Crippen molar-refractivity contribution in [3.05, 3.63) is 24.7 Å². The van der Waals surface area contributed by atoms with Gasteiger partial charge < -0.3 is 4.90 Å². The topological polar surface area (TPSA) is 54.3 Å². The van der Waals surface area contributed by atoms with E-state index in [2.05, 4.69) is 19.9 Å². The second-order valence-electron chi connectivity index (χ2n) is 3.63. The van der Waals surface area contributed by atoms with E-state index in [1.54, 1.807) is 6.20 Å². The van der Waals surface area contributed by atoms with Gasteiger partial charge in [0.05, 0.1) is 5.39 Å². The van der Waals surface area contributed by atoms with Crippen molar-refractivity contribution in [2.24, 2.45) is 4.99 Å². The van der Waals surface area contributed by atoms with E-state index >= 15 is 0 Å². The quantitative estimate of drug-likeness (QED) is 0.536. The van der Waals surface area contributed by atoms with Crippen LogP contribution < -0.4 is 0 Å². The normalized spacial score (nSPS) is 11.8. The van der Waals surface area contributed by atoms with Crippen LogP contribution in [-0.2, 0) is 0 Å². The lowest BCUT2D eigenvalue weighted by atomic mass is 10.3. The second kappa shape index (κ2) is 4.22. The molecule has 0 radical (unpaired) electrons. The van der Waals surface area contributed by atoms with Crippen molar-refractivity contribution in [1.82, 2.24) is 19.9 Å². The lowest BCUT2D eigenvalue weighted by Gasteiger charge is -2.10. The van der Waals surface area contributed by atoms with E-state index in [4.69, 9.17) is 0 Å². The molecule has 16 heavy (non-hydrogen) atoms. The molecule has 2 aromatic heterocycles. The van der Waals surface area contributed by atoms with E-state index in [0.717, 1.165) is 11.2 Å². The number of aromatic nitrogens is 3. The Bertz CT molecular complexity index is 527. The molecule has 0 aliphatic rings. The monoisotopic (exact) mass is 215 g/mol. The first-order valence-electron chi connectivity index (χ1n) is 4.97. The fourth-order valence-electron chi connectivity index (χ4n) is 1.22. The maximum atomic E-state index is 4.44. The molecule has 82 valence electrons. The zero-order valence-electron chi connectivity index (χ0n) is 9.55. The molecule has 0 fully saturated rings. The molecule has 2 aromatic rings. The van der Waals surface area contributed by atoms with Crippen LogP contribution in [0.1, 0.15) is 6.92 Å². The Morgan fingerprint density at radius 1 is 1.25 bits per heavy atom. The summed E-state index contributed by atoms with van der Waals surface area (Å²) in [6, 6.07) is 3.78. The average Bonchev–Trinajstić information content (AvgIpc) is 2.29. The molecule has 5 heteroatoms. The summed E-state index contributed by atoms with van der Waals surface area (Å²) in [5.74, 6) is 1.55. The summed E-state index contributed by atoms with van der Waals surface area (Å²) in [4.78, 5) is 18.8. The van der Waals surface area contributed by atoms with Crippen molar-refractivity contribution < 1.29 is 0 Å². The number of aliphatic imine (C=N–C) groups is 1. The molecule has 0 atom stereocenters. The van der Waals surface area contributed by atoms with Gasteiger partial charge >= 0.3 is 0 Å². The molecular weight excluding hydrogens is 202 g/mol. The Morgan fingerprint density at radius 3 is 2.81 bits per heavy atom. The fraction of sp³-hybridized carbons (Fsp3) is 0.273. The molecule has 0 aromatic carbocycles. The smallest absolute Gasteiger partial charge is 0.166 e. The van der Waals surface area contributed by atoms with Gasteiger partial charge in [0, 0.05) is 20.3 Å². The number of pyridine rings is 1. The van der Waals surface area contributed by atoms with Crippen LogP contribution in [0.25, 0.3) is 11.0 Å². The summed E-state index contributed by atoms with van der Waals surface area (Å²) in [6.45, 7) is 1.93. The summed E-state index contributed by atoms with van der Waals surface area (Å²) >= 11 is 0. The van der Waals surface area contributed by atoms with E-state index in [9.17, 15) is 0 Å². The Balaban J connectivity index is 2.57. The minimum Gasteiger partial charge on any atom is -0.366 e. The van der Waals surface area contributed by atoms with Crippen LogP contribution in [0.2, 0.25) is 0 Å². The lowest BCUT2D eigenvalue weighted by molar-refractivity contribution is 0.618. The van der Waals surface area contributed by atoms with Crippen LogP contribution in [-0.4, -0.2) is 39.8 Å². The molecule has 2 heterocycles. The van der Waals surface area contributed by atoms with Gasteiger partial charge in [0.25, 0.3) is 0 Å². The summed E-state index contributed by atoms with van der Waals surface area (Å²) in [5, 5.41) is 0.867.